The summed E-state index contributed by atoms with van der Waals surface area (Å²) in [6.45, 7) is 0.162. The molecule has 24 heavy (non-hydrogen) atoms. The number of amidine groups is 1. The summed E-state index contributed by atoms with van der Waals surface area (Å²) in [5.74, 6) is -0.259. The normalized spacial score (nSPS) is 18.6. The first-order chi connectivity index (χ1) is 11.5. The number of carbonyl (C=O) groups is 1. The van der Waals surface area contributed by atoms with Crippen LogP contribution in [-0.2, 0) is 14.8 Å². The minimum absolute atomic E-state index is 0.0312. The highest BCUT2D eigenvalue weighted by molar-refractivity contribution is 9.10. The molecule has 2 aliphatic rings. The fraction of sp³-hybridized carbons (Fsp3) is 0.125. The second-order valence-electron chi connectivity index (χ2n) is 4.81. The Hall–Kier alpha value is -2.37. The Morgan fingerprint density at radius 3 is 2.79 bits per heavy atom. The molecule has 1 aromatic rings. The van der Waals surface area contributed by atoms with E-state index in [1.54, 1.807) is 24.3 Å². The molecule has 0 fully saturated rings. The van der Waals surface area contributed by atoms with Crippen molar-refractivity contribution in [1.82, 2.24) is 4.72 Å². The number of esters is 1. The van der Waals surface area contributed by atoms with Gasteiger partial charge in [0.1, 0.15) is 17.3 Å². The fourth-order valence-corrected chi connectivity index (χ4v) is 3.78. The van der Waals surface area contributed by atoms with Crippen molar-refractivity contribution < 1.29 is 17.9 Å². The van der Waals surface area contributed by atoms with Crippen LogP contribution < -0.4 is 4.72 Å². The molecular formula is C16H11BrN2O4S. The molecule has 0 atom stereocenters. The molecule has 1 aromatic carbocycles. The number of rotatable bonds is 4. The third-order valence-electron chi connectivity index (χ3n) is 3.23. The number of nitrogens with one attached hydrogen (secondary N) is 1. The zero-order valence-corrected chi connectivity index (χ0v) is 14.6. The topological polar surface area (TPSA) is 84.8 Å². The SMILES string of the molecule is O=C(OCCN=C1NS(=O)(=O)C2=C1C=C=C=C2)c1ccccc1Br. The lowest BCUT2D eigenvalue weighted by Crippen LogP contribution is -2.24. The van der Waals surface area contributed by atoms with Gasteiger partial charge in [0, 0.05) is 22.2 Å². The standard InChI is InChI=1S/C16H11BrN2O4S/c17-13-7-3-1-5-11(13)16(20)23-10-9-18-15-12-6-2-4-8-14(12)24(21,22)19-15/h1,3,5-8H,9-10H2,(H,18,19). The van der Waals surface area contributed by atoms with Crippen LogP contribution >= 0.6 is 15.9 Å². The molecule has 0 saturated heterocycles. The van der Waals surface area contributed by atoms with Crippen molar-refractivity contribution in [3.8, 4) is 0 Å². The number of aliphatic imine (C=N–C) groups is 1. The Bertz CT molecular complexity index is 979. The number of nitrogens with zero attached hydrogens (tertiary/aromatic N) is 1. The lowest BCUT2D eigenvalue weighted by Gasteiger charge is -2.05. The Morgan fingerprint density at radius 2 is 2.00 bits per heavy atom. The van der Waals surface area contributed by atoms with Crippen molar-refractivity contribution in [2.45, 2.75) is 0 Å². The monoisotopic (exact) mass is 406 g/mol. The second-order valence-corrected chi connectivity index (χ2v) is 7.31. The van der Waals surface area contributed by atoms with Gasteiger partial charge >= 0.3 is 5.97 Å². The van der Waals surface area contributed by atoms with Gasteiger partial charge in [0.05, 0.1) is 12.1 Å². The summed E-state index contributed by atoms with van der Waals surface area (Å²) < 4.78 is 32.0. The first-order valence-corrected chi connectivity index (χ1v) is 9.18. The summed E-state index contributed by atoms with van der Waals surface area (Å²) in [7, 11) is -3.60. The summed E-state index contributed by atoms with van der Waals surface area (Å²) in [4.78, 5) is 16.2. The summed E-state index contributed by atoms with van der Waals surface area (Å²) in [6.07, 6.45) is 2.84. The maximum absolute atomic E-state index is 11.9. The highest BCUT2D eigenvalue weighted by Gasteiger charge is 2.31. The number of benzene rings is 1. The number of hydrogen-bond donors (Lipinski definition) is 1. The quantitative estimate of drug-likeness (QED) is 0.471. The van der Waals surface area contributed by atoms with Crippen molar-refractivity contribution in [2.24, 2.45) is 4.99 Å². The van der Waals surface area contributed by atoms with Crippen LogP contribution in [0.5, 0.6) is 0 Å². The van der Waals surface area contributed by atoms with E-state index in [1.807, 2.05) is 0 Å². The van der Waals surface area contributed by atoms with Crippen molar-refractivity contribution in [1.29, 1.82) is 0 Å². The number of halogens is 1. The summed E-state index contributed by atoms with van der Waals surface area (Å²) in [5, 5.41) is 0. The Kier molecular flexibility index (Phi) is 4.55. The third-order valence-corrected chi connectivity index (χ3v) is 5.30. The smallest absolute Gasteiger partial charge is 0.339 e. The van der Waals surface area contributed by atoms with Crippen LogP contribution in [0.3, 0.4) is 0 Å². The van der Waals surface area contributed by atoms with Gasteiger partial charge < -0.3 is 4.74 Å². The van der Waals surface area contributed by atoms with Gasteiger partial charge in [-0.15, -0.1) is 0 Å². The van der Waals surface area contributed by atoms with Crippen molar-refractivity contribution >= 4 is 37.8 Å². The van der Waals surface area contributed by atoms with Gasteiger partial charge in [-0.2, -0.15) is 0 Å². The maximum atomic E-state index is 11.9. The zero-order chi connectivity index (χ0) is 17.2. The van der Waals surface area contributed by atoms with E-state index in [1.165, 1.54) is 12.2 Å². The average molecular weight is 407 g/mol. The number of allylic oxidation sites excluding steroid dienone is 1. The highest BCUT2D eigenvalue weighted by atomic mass is 79.9. The molecule has 0 saturated carbocycles. The van der Waals surface area contributed by atoms with E-state index in [2.05, 4.69) is 37.1 Å². The van der Waals surface area contributed by atoms with Gasteiger partial charge in [-0.3, -0.25) is 9.71 Å². The highest BCUT2D eigenvalue weighted by Crippen LogP contribution is 2.23. The predicted octanol–water partition coefficient (Wildman–Crippen LogP) is 2.07. The lowest BCUT2D eigenvalue weighted by atomic mass is 10.2. The molecule has 0 aromatic heterocycles. The van der Waals surface area contributed by atoms with Crippen LogP contribution in [-0.4, -0.2) is 33.4 Å². The molecule has 6 nitrogen and oxygen atoms in total. The summed E-state index contributed by atoms with van der Waals surface area (Å²) in [6, 6.07) is 6.92. The Labute approximate surface area is 147 Å². The van der Waals surface area contributed by atoms with Gasteiger partial charge in [0.2, 0.25) is 0 Å². The average Bonchev–Trinajstić information content (AvgIpc) is 2.83. The first kappa shape index (κ1) is 16.5. The van der Waals surface area contributed by atoms with Crippen LogP contribution in [0.15, 0.2) is 67.8 Å². The van der Waals surface area contributed by atoms with Crippen LogP contribution in [0.4, 0.5) is 0 Å². The number of sulfonamides is 1. The van der Waals surface area contributed by atoms with Gasteiger partial charge in [0.15, 0.2) is 0 Å². The zero-order valence-electron chi connectivity index (χ0n) is 12.2. The molecular weight excluding hydrogens is 396 g/mol. The summed E-state index contributed by atoms with van der Waals surface area (Å²) in [5.41, 5.74) is 6.15. The molecule has 1 N–H and O–H groups in total. The van der Waals surface area contributed by atoms with Crippen LogP contribution in [0, 0.1) is 0 Å². The van der Waals surface area contributed by atoms with Crippen LogP contribution in [0.25, 0.3) is 0 Å². The maximum Gasteiger partial charge on any atom is 0.339 e. The molecule has 0 amide bonds. The molecule has 3 rings (SSSR count). The predicted molar refractivity (Wildman–Crippen MR) is 92.0 cm³/mol. The minimum Gasteiger partial charge on any atom is -0.460 e. The van der Waals surface area contributed by atoms with E-state index in [9.17, 15) is 13.2 Å². The van der Waals surface area contributed by atoms with Gasteiger partial charge in [-0.25, -0.2) is 13.2 Å². The van der Waals surface area contributed by atoms with Gasteiger partial charge in [0.25, 0.3) is 10.0 Å². The van der Waals surface area contributed by atoms with E-state index in [0.717, 1.165) is 0 Å². The molecule has 122 valence electrons. The van der Waals surface area contributed by atoms with Gasteiger partial charge in [-0.1, -0.05) is 23.6 Å². The van der Waals surface area contributed by atoms with Crippen molar-refractivity contribution in [2.75, 3.05) is 13.2 Å². The van der Waals surface area contributed by atoms with E-state index in [0.29, 0.717) is 15.6 Å². The Balaban J connectivity index is 1.63. The van der Waals surface area contributed by atoms with E-state index < -0.39 is 16.0 Å². The van der Waals surface area contributed by atoms with Crippen molar-refractivity contribution in [3.63, 3.8) is 0 Å². The van der Waals surface area contributed by atoms with Crippen LogP contribution in [0.1, 0.15) is 10.4 Å². The third kappa shape index (κ3) is 3.27. The van der Waals surface area contributed by atoms with Crippen molar-refractivity contribution in [3.05, 3.63) is 68.4 Å². The van der Waals surface area contributed by atoms with E-state index >= 15 is 0 Å². The molecule has 0 spiro atoms. The molecule has 0 radical (unpaired) electrons. The van der Waals surface area contributed by atoms with Gasteiger partial charge in [-0.05, 0) is 28.1 Å². The van der Waals surface area contributed by atoms with E-state index in [4.69, 9.17) is 4.74 Å². The second kappa shape index (κ2) is 6.63. The minimum atomic E-state index is -3.60. The molecule has 1 aliphatic heterocycles. The molecule has 8 heteroatoms. The number of ether oxygens (including phenoxy) is 1. The number of carbonyl (C=O) groups excluding carboxylic acids is 1. The largest absolute Gasteiger partial charge is 0.460 e. The first-order valence-electron chi connectivity index (χ1n) is 6.90. The fourth-order valence-electron chi connectivity index (χ4n) is 2.13. The Morgan fingerprint density at radius 1 is 1.25 bits per heavy atom. The molecule has 1 heterocycles. The molecule has 0 unspecified atom stereocenters. The lowest BCUT2D eigenvalue weighted by molar-refractivity contribution is 0.0516. The van der Waals surface area contributed by atoms with Crippen LogP contribution in [0.2, 0.25) is 0 Å². The summed E-state index contributed by atoms with van der Waals surface area (Å²) >= 11 is 3.28. The van der Waals surface area contributed by atoms with E-state index in [-0.39, 0.29) is 23.9 Å². The number of hydrogen-bond acceptors (Lipinski definition) is 5. The molecule has 1 aliphatic carbocycles. The molecule has 0 bridgehead atoms.